The van der Waals surface area contributed by atoms with Gasteiger partial charge in [-0.3, -0.25) is 9.59 Å². The molecule has 8 heteroatoms. The largest absolute Gasteiger partial charge is 0.416 e. The van der Waals surface area contributed by atoms with Crippen molar-refractivity contribution in [3.63, 3.8) is 0 Å². The van der Waals surface area contributed by atoms with Crippen LogP contribution in [0.2, 0.25) is 0 Å². The van der Waals surface area contributed by atoms with E-state index in [1.807, 2.05) is 48.5 Å². The molecule has 3 aromatic carbocycles. The minimum atomic E-state index is -4.45. The van der Waals surface area contributed by atoms with Gasteiger partial charge in [-0.25, -0.2) is 0 Å². The van der Waals surface area contributed by atoms with E-state index in [-0.39, 0.29) is 36.0 Å². The molecule has 198 valence electrons. The lowest BCUT2D eigenvalue weighted by molar-refractivity contribution is -0.138. The zero-order chi connectivity index (χ0) is 26.8. The van der Waals surface area contributed by atoms with Crippen LogP contribution in [0.15, 0.2) is 84.9 Å². The van der Waals surface area contributed by atoms with Gasteiger partial charge in [0.15, 0.2) is 0 Å². The lowest BCUT2D eigenvalue weighted by Gasteiger charge is -2.52. The summed E-state index contributed by atoms with van der Waals surface area (Å²) in [7, 11) is 0. The molecular weight excluding hydrogens is 491 g/mol. The van der Waals surface area contributed by atoms with Crippen LogP contribution in [-0.2, 0) is 28.6 Å². The van der Waals surface area contributed by atoms with Gasteiger partial charge in [-0.05, 0) is 29.3 Å². The van der Waals surface area contributed by atoms with Gasteiger partial charge >= 0.3 is 6.18 Å². The second-order valence-electron chi connectivity index (χ2n) is 10.4. The number of benzene rings is 3. The van der Waals surface area contributed by atoms with Gasteiger partial charge < -0.3 is 15.1 Å². The fraction of sp³-hybridized carbons (Fsp3) is 0.333. The van der Waals surface area contributed by atoms with Crippen LogP contribution in [0.4, 0.5) is 18.9 Å². The van der Waals surface area contributed by atoms with Crippen molar-refractivity contribution < 1.29 is 22.8 Å². The number of amides is 2. The number of carbonyl (C=O) groups excluding carboxylic acids is 2. The summed E-state index contributed by atoms with van der Waals surface area (Å²) in [6, 6.07) is 24.5. The normalized spacial score (nSPS) is 18.3. The van der Waals surface area contributed by atoms with Crippen molar-refractivity contribution in [1.29, 1.82) is 0 Å². The summed E-state index contributed by atoms with van der Waals surface area (Å²) in [5, 5.41) is 3.06. The Morgan fingerprint density at radius 3 is 2.18 bits per heavy atom. The Morgan fingerprint density at radius 2 is 1.50 bits per heavy atom. The van der Waals surface area contributed by atoms with Crippen molar-refractivity contribution in [3.8, 4) is 0 Å². The van der Waals surface area contributed by atoms with Gasteiger partial charge in [0.05, 0.1) is 18.4 Å². The number of rotatable bonds is 7. The first-order valence-electron chi connectivity index (χ1n) is 12.8. The van der Waals surface area contributed by atoms with Crippen molar-refractivity contribution in [2.45, 2.75) is 19.0 Å². The Bertz CT molecular complexity index is 1270. The van der Waals surface area contributed by atoms with E-state index in [1.54, 1.807) is 11.0 Å². The number of nitrogens with zero attached hydrogens (tertiary/aromatic N) is 2. The number of hydrogen-bond acceptors (Lipinski definition) is 3. The zero-order valence-corrected chi connectivity index (χ0v) is 21.0. The van der Waals surface area contributed by atoms with Crippen LogP contribution >= 0.6 is 0 Å². The number of halogens is 3. The van der Waals surface area contributed by atoms with Gasteiger partial charge in [0, 0.05) is 49.7 Å². The van der Waals surface area contributed by atoms with E-state index in [9.17, 15) is 22.8 Å². The van der Waals surface area contributed by atoms with Crippen LogP contribution in [0.1, 0.15) is 16.7 Å². The van der Waals surface area contributed by atoms with Crippen LogP contribution in [0.3, 0.4) is 0 Å². The van der Waals surface area contributed by atoms with E-state index < -0.39 is 11.7 Å². The second kappa shape index (κ2) is 10.5. The number of likely N-dealkylation sites (tertiary alicyclic amines) is 1. The maximum absolute atomic E-state index is 13.2. The molecule has 3 aromatic rings. The molecule has 2 heterocycles. The molecule has 0 bridgehead atoms. The quantitative estimate of drug-likeness (QED) is 0.496. The standard InChI is InChI=1S/C30H30F3N3O2/c31-30(32,33)24-11-7-10-23(14-24)16-28(38)35-18-25(17-34-27(37)15-22-8-3-1-4-9-22)29(19-35)20-36(21-29)26-12-5-2-6-13-26/h1-14,25H,15-21H2,(H,34,37). The van der Waals surface area contributed by atoms with Crippen LogP contribution in [0, 0.1) is 11.3 Å². The highest BCUT2D eigenvalue weighted by molar-refractivity contribution is 5.80. The first-order valence-corrected chi connectivity index (χ1v) is 12.8. The average Bonchev–Trinajstić information content (AvgIpc) is 3.28. The van der Waals surface area contributed by atoms with Gasteiger partial charge in [-0.15, -0.1) is 0 Å². The fourth-order valence-electron chi connectivity index (χ4n) is 5.62. The van der Waals surface area contributed by atoms with Crippen molar-refractivity contribution in [2.24, 2.45) is 11.3 Å². The molecule has 0 radical (unpaired) electrons. The smallest absolute Gasteiger partial charge is 0.370 e. The molecule has 2 fully saturated rings. The summed E-state index contributed by atoms with van der Waals surface area (Å²) in [6.07, 6.45) is -4.25. The average molecular weight is 522 g/mol. The van der Waals surface area contributed by atoms with Gasteiger partial charge in [0.1, 0.15) is 0 Å². The third-order valence-electron chi connectivity index (χ3n) is 7.66. The van der Waals surface area contributed by atoms with E-state index >= 15 is 0 Å². The van der Waals surface area contributed by atoms with E-state index in [2.05, 4.69) is 22.3 Å². The summed E-state index contributed by atoms with van der Waals surface area (Å²) in [6.45, 7) is 2.94. The van der Waals surface area contributed by atoms with E-state index in [1.165, 1.54) is 6.07 Å². The van der Waals surface area contributed by atoms with Crippen molar-refractivity contribution in [1.82, 2.24) is 10.2 Å². The zero-order valence-electron chi connectivity index (χ0n) is 21.0. The molecule has 0 saturated carbocycles. The molecule has 38 heavy (non-hydrogen) atoms. The molecule has 5 rings (SSSR count). The Balaban J connectivity index is 1.26. The monoisotopic (exact) mass is 521 g/mol. The summed E-state index contributed by atoms with van der Waals surface area (Å²) >= 11 is 0. The van der Waals surface area contributed by atoms with E-state index in [0.29, 0.717) is 25.2 Å². The van der Waals surface area contributed by atoms with Gasteiger partial charge in [-0.1, -0.05) is 66.7 Å². The molecule has 1 unspecified atom stereocenters. The van der Waals surface area contributed by atoms with Crippen molar-refractivity contribution >= 4 is 17.5 Å². The summed E-state index contributed by atoms with van der Waals surface area (Å²) in [5.41, 5.74) is 1.45. The summed E-state index contributed by atoms with van der Waals surface area (Å²) in [4.78, 5) is 29.9. The molecule has 5 nitrogen and oxygen atoms in total. The molecule has 0 aliphatic carbocycles. The molecule has 0 aromatic heterocycles. The molecule has 2 aliphatic heterocycles. The lowest BCUT2D eigenvalue weighted by atomic mass is 9.71. The molecule has 2 saturated heterocycles. The Labute approximate surface area is 220 Å². The number of carbonyl (C=O) groups is 2. The summed E-state index contributed by atoms with van der Waals surface area (Å²) < 4.78 is 39.4. The Morgan fingerprint density at radius 1 is 0.842 bits per heavy atom. The van der Waals surface area contributed by atoms with Gasteiger partial charge in [-0.2, -0.15) is 13.2 Å². The first-order chi connectivity index (χ1) is 18.2. The number of nitrogens with one attached hydrogen (secondary N) is 1. The number of hydrogen-bond donors (Lipinski definition) is 1. The first kappa shape index (κ1) is 25.8. The van der Waals surface area contributed by atoms with Crippen molar-refractivity contribution in [3.05, 3.63) is 102 Å². The van der Waals surface area contributed by atoms with Crippen LogP contribution in [0.25, 0.3) is 0 Å². The van der Waals surface area contributed by atoms with Crippen LogP contribution < -0.4 is 10.2 Å². The maximum atomic E-state index is 13.2. The minimum absolute atomic E-state index is 0.0487. The highest BCUT2D eigenvalue weighted by Gasteiger charge is 2.55. The highest BCUT2D eigenvalue weighted by Crippen LogP contribution is 2.45. The second-order valence-corrected chi connectivity index (χ2v) is 10.4. The van der Waals surface area contributed by atoms with Crippen LogP contribution in [0.5, 0.6) is 0 Å². The number of anilines is 1. The SMILES string of the molecule is O=C(Cc1ccccc1)NCC1CN(C(=O)Cc2cccc(C(F)(F)F)c2)CC12CN(c1ccccc1)C2. The van der Waals surface area contributed by atoms with E-state index in [0.717, 1.165) is 36.5 Å². The van der Waals surface area contributed by atoms with Gasteiger partial charge in [0.25, 0.3) is 0 Å². The maximum Gasteiger partial charge on any atom is 0.416 e. The lowest BCUT2D eigenvalue weighted by Crippen LogP contribution is -2.62. The Kier molecular flexibility index (Phi) is 7.15. The third-order valence-corrected chi connectivity index (χ3v) is 7.66. The van der Waals surface area contributed by atoms with Crippen LogP contribution in [-0.4, -0.2) is 49.4 Å². The Hall–Kier alpha value is -3.81. The molecule has 1 spiro atoms. The molecule has 1 N–H and O–H groups in total. The fourth-order valence-corrected chi connectivity index (χ4v) is 5.62. The summed E-state index contributed by atoms with van der Waals surface area (Å²) in [5.74, 6) is -0.216. The number of para-hydroxylation sites is 1. The molecule has 2 amide bonds. The number of alkyl halides is 3. The third kappa shape index (κ3) is 5.69. The minimum Gasteiger partial charge on any atom is -0.370 e. The van der Waals surface area contributed by atoms with E-state index in [4.69, 9.17) is 0 Å². The van der Waals surface area contributed by atoms with Gasteiger partial charge in [0.2, 0.25) is 11.8 Å². The predicted octanol–water partition coefficient (Wildman–Crippen LogP) is 4.57. The highest BCUT2D eigenvalue weighted by atomic mass is 19.4. The molecule has 2 aliphatic rings. The van der Waals surface area contributed by atoms with Crippen molar-refractivity contribution in [2.75, 3.05) is 37.6 Å². The predicted molar refractivity (Wildman–Crippen MR) is 139 cm³/mol. The topological polar surface area (TPSA) is 52.7 Å². The molecular formula is C30H30F3N3O2. The molecule has 1 atom stereocenters.